The molecule has 0 fully saturated rings. The average Bonchev–Trinajstić information content (AvgIpc) is 2.48. The Morgan fingerprint density at radius 2 is 1.85 bits per heavy atom. The lowest BCUT2D eigenvalue weighted by Crippen LogP contribution is -2.19. The standard InChI is InChI=1S/C16H20FN3/c1-3-18-12-14-6-5-7-16(19-14)20(4-2)15-10-8-13(17)9-11-15/h5-11,18H,3-4,12H2,1-2H3. The van der Waals surface area contributed by atoms with Crippen LogP contribution >= 0.6 is 0 Å². The van der Waals surface area contributed by atoms with Crippen molar-refractivity contribution >= 4 is 11.5 Å². The highest BCUT2D eigenvalue weighted by molar-refractivity contribution is 5.59. The first-order valence-corrected chi connectivity index (χ1v) is 6.94. The van der Waals surface area contributed by atoms with E-state index < -0.39 is 0 Å². The van der Waals surface area contributed by atoms with Gasteiger partial charge in [-0.15, -0.1) is 0 Å². The predicted octanol–water partition coefficient (Wildman–Crippen LogP) is 3.49. The van der Waals surface area contributed by atoms with Crippen molar-refractivity contribution in [1.82, 2.24) is 10.3 Å². The minimum absolute atomic E-state index is 0.223. The van der Waals surface area contributed by atoms with E-state index in [4.69, 9.17) is 0 Å². The maximum atomic E-state index is 13.0. The third-order valence-electron chi connectivity index (χ3n) is 3.08. The molecule has 0 bridgehead atoms. The number of nitrogens with zero attached hydrogens (tertiary/aromatic N) is 2. The van der Waals surface area contributed by atoms with Gasteiger partial charge in [-0.1, -0.05) is 13.0 Å². The maximum Gasteiger partial charge on any atom is 0.133 e. The predicted molar refractivity (Wildman–Crippen MR) is 80.7 cm³/mol. The Bertz CT molecular complexity index is 540. The molecule has 0 atom stereocenters. The number of hydrogen-bond donors (Lipinski definition) is 1. The minimum Gasteiger partial charge on any atom is -0.327 e. The molecule has 0 aliphatic carbocycles. The minimum atomic E-state index is -0.223. The monoisotopic (exact) mass is 273 g/mol. The van der Waals surface area contributed by atoms with Gasteiger partial charge in [-0.2, -0.15) is 0 Å². The van der Waals surface area contributed by atoms with E-state index in [-0.39, 0.29) is 5.82 Å². The van der Waals surface area contributed by atoms with E-state index in [0.717, 1.165) is 36.8 Å². The molecule has 1 heterocycles. The van der Waals surface area contributed by atoms with Crippen LogP contribution in [-0.2, 0) is 6.54 Å². The van der Waals surface area contributed by atoms with Gasteiger partial charge < -0.3 is 10.2 Å². The molecule has 0 radical (unpaired) electrons. The molecule has 4 heteroatoms. The zero-order chi connectivity index (χ0) is 14.4. The largest absolute Gasteiger partial charge is 0.327 e. The molecule has 2 aromatic rings. The van der Waals surface area contributed by atoms with E-state index in [1.807, 2.05) is 18.2 Å². The van der Waals surface area contributed by atoms with Gasteiger partial charge in [-0.3, -0.25) is 0 Å². The molecule has 106 valence electrons. The number of halogens is 1. The summed E-state index contributed by atoms with van der Waals surface area (Å²) in [5.41, 5.74) is 1.95. The summed E-state index contributed by atoms with van der Waals surface area (Å²) in [7, 11) is 0. The Labute approximate surface area is 119 Å². The van der Waals surface area contributed by atoms with Crippen molar-refractivity contribution in [2.24, 2.45) is 0 Å². The SMILES string of the molecule is CCNCc1cccc(N(CC)c2ccc(F)cc2)n1. The highest BCUT2D eigenvalue weighted by Gasteiger charge is 2.09. The lowest BCUT2D eigenvalue weighted by Gasteiger charge is -2.22. The highest BCUT2D eigenvalue weighted by atomic mass is 19.1. The van der Waals surface area contributed by atoms with E-state index >= 15 is 0 Å². The van der Waals surface area contributed by atoms with Crippen molar-refractivity contribution in [2.45, 2.75) is 20.4 Å². The summed E-state index contributed by atoms with van der Waals surface area (Å²) in [4.78, 5) is 6.71. The van der Waals surface area contributed by atoms with E-state index in [1.165, 1.54) is 12.1 Å². The Kier molecular flexibility index (Phi) is 5.07. The lowest BCUT2D eigenvalue weighted by atomic mass is 10.2. The Hall–Kier alpha value is -1.94. The molecule has 0 saturated heterocycles. The second-order valence-electron chi connectivity index (χ2n) is 4.49. The summed E-state index contributed by atoms with van der Waals surface area (Å²) in [6.07, 6.45) is 0. The third-order valence-corrected chi connectivity index (χ3v) is 3.08. The van der Waals surface area contributed by atoms with Crippen molar-refractivity contribution in [1.29, 1.82) is 0 Å². The van der Waals surface area contributed by atoms with Gasteiger partial charge in [0.05, 0.1) is 5.69 Å². The molecule has 0 aliphatic rings. The van der Waals surface area contributed by atoms with E-state index in [1.54, 1.807) is 12.1 Å². The summed E-state index contributed by atoms with van der Waals surface area (Å²) in [6.45, 7) is 6.58. The fourth-order valence-electron chi connectivity index (χ4n) is 2.07. The maximum absolute atomic E-state index is 13.0. The van der Waals surface area contributed by atoms with Crippen LogP contribution in [0.4, 0.5) is 15.9 Å². The fraction of sp³-hybridized carbons (Fsp3) is 0.312. The second kappa shape index (κ2) is 7.01. The molecule has 1 aromatic carbocycles. The number of nitrogens with one attached hydrogen (secondary N) is 1. The Morgan fingerprint density at radius 1 is 1.10 bits per heavy atom. The number of hydrogen-bond acceptors (Lipinski definition) is 3. The van der Waals surface area contributed by atoms with E-state index in [9.17, 15) is 4.39 Å². The summed E-state index contributed by atoms with van der Waals surface area (Å²) in [5.74, 6) is 0.660. The molecule has 0 amide bonds. The van der Waals surface area contributed by atoms with Crippen LogP contribution in [-0.4, -0.2) is 18.1 Å². The van der Waals surface area contributed by atoms with Crippen LogP contribution in [0.15, 0.2) is 42.5 Å². The van der Waals surface area contributed by atoms with E-state index in [2.05, 4.69) is 29.0 Å². The van der Waals surface area contributed by atoms with Crippen LogP contribution in [0.1, 0.15) is 19.5 Å². The van der Waals surface area contributed by atoms with Gasteiger partial charge in [0.15, 0.2) is 0 Å². The van der Waals surface area contributed by atoms with Crippen LogP contribution in [0.2, 0.25) is 0 Å². The molecular weight excluding hydrogens is 253 g/mol. The van der Waals surface area contributed by atoms with Gasteiger partial charge in [-0.25, -0.2) is 9.37 Å². The van der Waals surface area contributed by atoms with Crippen molar-refractivity contribution in [3.8, 4) is 0 Å². The van der Waals surface area contributed by atoms with Gasteiger partial charge >= 0.3 is 0 Å². The molecule has 2 rings (SSSR count). The molecule has 20 heavy (non-hydrogen) atoms. The number of aromatic nitrogens is 1. The summed E-state index contributed by atoms with van der Waals surface area (Å²) in [5, 5.41) is 3.27. The summed E-state index contributed by atoms with van der Waals surface area (Å²) >= 11 is 0. The summed E-state index contributed by atoms with van der Waals surface area (Å²) < 4.78 is 13.0. The number of rotatable bonds is 6. The highest BCUT2D eigenvalue weighted by Crippen LogP contribution is 2.23. The number of anilines is 2. The molecule has 0 spiro atoms. The van der Waals surface area contributed by atoms with Crippen molar-refractivity contribution in [3.63, 3.8) is 0 Å². The normalized spacial score (nSPS) is 10.6. The fourth-order valence-corrected chi connectivity index (χ4v) is 2.07. The lowest BCUT2D eigenvalue weighted by molar-refractivity contribution is 0.627. The van der Waals surface area contributed by atoms with Crippen LogP contribution in [0.3, 0.4) is 0 Å². The first kappa shape index (κ1) is 14.5. The Balaban J connectivity index is 2.24. The third kappa shape index (κ3) is 3.54. The van der Waals surface area contributed by atoms with Crippen LogP contribution in [0.25, 0.3) is 0 Å². The first-order chi connectivity index (χ1) is 9.74. The van der Waals surface area contributed by atoms with Gasteiger partial charge in [0.1, 0.15) is 11.6 Å². The molecule has 0 saturated carbocycles. The zero-order valence-electron chi connectivity index (χ0n) is 11.9. The zero-order valence-corrected chi connectivity index (χ0v) is 11.9. The Morgan fingerprint density at radius 3 is 2.50 bits per heavy atom. The number of pyridine rings is 1. The average molecular weight is 273 g/mol. The van der Waals surface area contributed by atoms with Gasteiger partial charge in [-0.05, 0) is 49.9 Å². The van der Waals surface area contributed by atoms with Crippen molar-refractivity contribution in [2.75, 3.05) is 18.0 Å². The van der Waals surface area contributed by atoms with Gasteiger partial charge in [0.25, 0.3) is 0 Å². The number of benzene rings is 1. The smallest absolute Gasteiger partial charge is 0.133 e. The molecular formula is C16H20FN3. The second-order valence-corrected chi connectivity index (χ2v) is 4.49. The van der Waals surface area contributed by atoms with Gasteiger partial charge in [0.2, 0.25) is 0 Å². The van der Waals surface area contributed by atoms with Gasteiger partial charge in [0, 0.05) is 18.8 Å². The molecule has 1 aromatic heterocycles. The molecule has 0 unspecified atom stereocenters. The summed E-state index contributed by atoms with van der Waals surface area (Å²) in [6, 6.07) is 12.5. The van der Waals surface area contributed by atoms with Crippen molar-refractivity contribution in [3.05, 3.63) is 54.0 Å². The first-order valence-electron chi connectivity index (χ1n) is 6.94. The van der Waals surface area contributed by atoms with Crippen LogP contribution in [0.5, 0.6) is 0 Å². The van der Waals surface area contributed by atoms with Crippen LogP contribution in [0, 0.1) is 5.82 Å². The van der Waals surface area contributed by atoms with Crippen molar-refractivity contribution < 1.29 is 4.39 Å². The molecule has 3 nitrogen and oxygen atoms in total. The molecule has 0 aliphatic heterocycles. The topological polar surface area (TPSA) is 28.2 Å². The van der Waals surface area contributed by atoms with E-state index in [0.29, 0.717) is 0 Å². The molecule has 1 N–H and O–H groups in total. The quantitative estimate of drug-likeness (QED) is 0.873. The van der Waals surface area contributed by atoms with Crippen LogP contribution < -0.4 is 10.2 Å².